The molecule has 1 aliphatic carbocycles. The molecule has 0 radical (unpaired) electrons. The Morgan fingerprint density at radius 1 is 0.889 bits per heavy atom. The van der Waals surface area contributed by atoms with Crippen LogP contribution in [0.3, 0.4) is 0 Å². The molecule has 288 valence electrons. The van der Waals surface area contributed by atoms with Crippen LogP contribution in [0.5, 0.6) is 0 Å². The first kappa shape index (κ1) is 42.1. The van der Waals surface area contributed by atoms with Crippen LogP contribution >= 0.6 is 11.8 Å². The Bertz CT molecular complexity index is 1860. The summed E-state index contributed by atoms with van der Waals surface area (Å²) in [5, 5.41) is 12.1. The number of carbonyl (C=O) groups is 3. The third-order valence-electron chi connectivity index (χ3n) is 9.55. The SMILES string of the molecule is CCN(CC)c1ccc(NC(=O)c2cccc(CSC(C)(C)CCOC(C)(C)CC(=O)O)c2)c(-c2cc(C(N)=O)ccn2)c1.c1ccc2c(c1)CCCC2. The third-order valence-corrected chi connectivity index (χ3v) is 11.0. The highest BCUT2D eigenvalue weighted by Gasteiger charge is 2.25. The van der Waals surface area contributed by atoms with Crippen molar-refractivity contribution in [3.8, 4) is 11.3 Å². The van der Waals surface area contributed by atoms with E-state index < -0.39 is 17.5 Å². The number of fused-ring (bicyclic) bond motifs is 1. The molecule has 1 aliphatic rings. The molecule has 1 heterocycles. The minimum Gasteiger partial charge on any atom is -0.481 e. The number of amides is 2. The highest BCUT2D eigenvalue weighted by atomic mass is 32.2. The van der Waals surface area contributed by atoms with Crippen LogP contribution in [0.4, 0.5) is 11.4 Å². The molecule has 0 spiro atoms. The number of aromatic nitrogens is 1. The van der Waals surface area contributed by atoms with Gasteiger partial charge < -0.3 is 25.8 Å². The molecule has 0 saturated carbocycles. The van der Waals surface area contributed by atoms with E-state index in [1.54, 1.807) is 54.9 Å². The molecule has 0 atom stereocenters. The third kappa shape index (κ3) is 12.7. The highest BCUT2D eigenvalue weighted by Crippen LogP contribution is 2.34. The number of nitrogens with zero attached hydrogens (tertiary/aromatic N) is 2. The molecule has 1 aromatic heterocycles. The molecule has 9 nitrogen and oxygen atoms in total. The van der Waals surface area contributed by atoms with E-state index in [0.29, 0.717) is 40.4 Å². The standard InChI is InChI=1S/C34H44N4O5S.C10H12/c1-7-38(8-2)26-12-13-28(27(20-26)29-19-24(31(35)41)14-16-36-29)37-32(42)25-11-9-10-23(18-25)22-44-34(5,6)15-17-43-33(3,4)21-30(39)40;1-2-6-10-8-4-3-7-9(10)5-1/h9-14,16,18-20H,7-8,15,17,21-22H2,1-6H3,(H2,35,41)(H,37,42)(H,39,40);1-2,5-6H,3-4,7-8H2. The number of nitrogens with two attached hydrogens (primary N) is 1. The van der Waals surface area contributed by atoms with E-state index in [0.717, 1.165) is 30.8 Å². The van der Waals surface area contributed by atoms with Gasteiger partial charge in [-0.15, -0.1) is 0 Å². The van der Waals surface area contributed by atoms with Crippen LogP contribution in [0.25, 0.3) is 11.3 Å². The summed E-state index contributed by atoms with van der Waals surface area (Å²) in [5.74, 6) is -0.991. The van der Waals surface area contributed by atoms with E-state index in [2.05, 4.69) is 67.2 Å². The topological polar surface area (TPSA) is 135 Å². The number of primary amides is 1. The van der Waals surface area contributed by atoms with Crippen molar-refractivity contribution in [3.05, 3.63) is 113 Å². The summed E-state index contributed by atoms with van der Waals surface area (Å²) in [7, 11) is 0. The molecule has 3 aromatic carbocycles. The molecule has 4 aromatic rings. The summed E-state index contributed by atoms with van der Waals surface area (Å²) >= 11 is 1.75. The van der Waals surface area contributed by atoms with E-state index in [4.69, 9.17) is 15.6 Å². The number of carboxylic acid groups (broad SMARTS) is 1. The minimum absolute atomic E-state index is 0.0484. The van der Waals surface area contributed by atoms with Gasteiger partial charge in [-0.05, 0) is 119 Å². The molecular weight excluding hydrogens is 697 g/mol. The van der Waals surface area contributed by atoms with E-state index in [9.17, 15) is 14.4 Å². The summed E-state index contributed by atoms with van der Waals surface area (Å²) in [6.07, 6.45) is 7.61. The first-order chi connectivity index (χ1) is 25.7. The van der Waals surface area contributed by atoms with Crippen LogP contribution in [0.2, 0.25) is 0 Å². The summed E-state index contributed by atoms with van der Waals surface area (Å²) in [6.45, 7) is 14.1. The summed E-state index contributed by atoms with van der Waals surface area (Å²) < 4.78 is 5.73. The van der Waals surface area contributed by atoms with Crippen LogP contribution in [0, 0.1) is 0 Å². The van der Waals surface area contributed by atoms with Crippen molar-refractivity contribution in [1.82, 2.24) is 4.98 Å². The molecule has 0 unspecified atom stereocenters. The van der Waals surface area contributed by atoms with E-state index in [1.807, 2.05) is 36.4 Å². The summed E-state index contributed by atoms with van der Waals surface area (Å²) in [4.78, 5) is 43.1. The fourth-order valence-electron chi connectivity index (χ4n) is 6.38. The second-order valence-corrected chi connectivity index (χ2v) is 16.5. The van der Waals surface area contributed by atoms with Gasteiger partial charge in [0.05, 0.1) is 23.4 Å². The Morgan fingerprint density at radius 2 is 1.57 bits per heavy atom. The quantitative estimate of drug-likeness (QED) is 0.103. The number of benzene rings is 3. The zero-order valence-corrected chi connectivity index (χ0v) is 33.4. The van der Waals surface area contributed by atoms with Gasteiger partial charge in [0.15, 0.2) is 0 Å². The van der Waals surface area contributed by atoms with Crippen molar-refractivity contribution >= 4 is 40.9 Å². The maximum Gasteiger partial charge on any atom is 0.306 e. The monoisotopic (exact) mass is 752 g/mol. The number of rotatable bonds is 16. The lowest BCUT2D eigenvalue weighted by molar-refractivity contribution is -0.143. The van der Waals surface area contributed by atoms with E-state index in [-0.39, 0.29) is 17.1 Å². The Morgan fingerprint density at radius 3 is 2.20 bits per heavy atom. The van der Waals surface area contributed by atoms with Crippen molar-refractivity contribution in [2.75, 3.05) is 29.9 Å². The Labute approximate surface area is 325 Å². The van der Waals surface area contributed by atoms with Gasteiger partial charge in [-0.1, -0.05) is 50.2 Å². The van der Waals surface area contributed by atoms with E-state index >= 15 is 0 Å². The van der Waals surface area contributed by atoms with Crippen LogP contribution in [0.1, 0.15) is 105 Å². The van der Waals surface area contributed by atoms with Crippen LogP contribution in [0.15, 0.2) is 85.1 Å². The number of pyridine rings is 1. The highest BCUT2D eigenvalue weighted by molar-refractivity contribution is 7.99. The normalized spacial score (nSPS) is 12.6. The molecule has 10 heteroatoms. The summed E-state index contributed by atoms with van der Waals surface area (Å²) in [6, 6.07) is 25.3. The van der Waals surface area contributed by atoms with E-state index in [1.165, 1.54) is 31.9 Å². The maximum absolute atomic E-state index is 13.5. The van der Waals surface area contributed by atoms with Crippen LogP contribution in [-0.4, -0.2) is 57.9 Å². The van der Waals surface area contributed by atoms with Gasteiger partial charge in [0, 0.05) is 58.8 Å². The second kappa shape index (κ2) is 19.6. The van der Waals surface area contributed by atoms with Gasteiger partial charge in [-0.3, -0.25) is 19.4 Å². The van der Waals surface area contributed by atoms with Gasteiger partial charge in [-0.2, -0.15) is 11.8 Å². The predicted molar refractivity (Wildman–Crippen MR) is 222 cm³/mol. The number of carbonyl (C=O) groups excluding carboxylic acids is 2. The number of aryl methyl sites for hydroxylation is 2. The average molecular weight is 753 g/mol. The largest absolute Gasteiger partial charge is 0.481 e. The first-order valence-corrected chi connectivity index (χ1v) is 19.8. The smallest absolute Gasteiger partial charge is 0.306 e. The zero-order valence-electron chi connectivity index (χ0n) is 32.6. The Hall–Kier alpha value is -4.67. The van der Waals surface area contributed by atoms with Crippen molar-refractivity contribution in [1.29, 1.82) is 0 Å². The molecule has 5 rings (SSSR count). The molecule has 2 amide bonds. The lowest BCUT2D eigenvalue weighted by atomic mass is 9.92. The number of anilines is 2. The van der Waals surface area contributed by atoms with Gasteiger partial charge in [0.1, 0.15) is 0 Å². The number of thioether (sulfide) groups is 1. The fourth-order valence-corrected chi connectivity index (χ4v) is 7.35. The maximum atomic E-state index is 13.5. The predicted octanol–water partition coefficient (Wildman–Crippen LogP) is 9.18. The Balaban J connectivity index is 0.000000553. The first-order valence-electron chi connectivity index (χ1n) is 18.8. The van der Waals surface area contributed by atoms with Crippen molar-refractivity contribution in [3.63, 3.8) is 0 Å². The molecule has 0 aliphatic heterocycles. The van der Waals surface area contributed by atoms with Gasteiger partial charge in [0.25, 0.3) is 5.91 Å². The summed E-state index contributed by atoms with van der Waals surface area (Å²) in [5.41, 5.74) is 12.6. The number of nitrogens with one attached hydrogen (secondary N) is 1. The van der Waals surface area contributed by atoms with Gasteiger partial charge in [0.2, 0.25) is 5.91 Å². The number of ether oxygens (including phenoxy) is 1. The van der Waals surface area contributed by atoms with Crippen LogP contribution in [-0.2, 0) is 28.1 Å². The van der Waals surface area contributed by atoms with Crippen molar-refractivity contribution in [2.45, 2.75) is 96.2 Å². The molecule has 0 bridgehead atoms. The number of carboxylic acids is 1. The molecular formula is C44H56N4O5S. The van der Waals surface area contributed by atoms with Gasteiger partial charge >= 0.3 is 5.97 Å². The minimum atomic E-state index is -0.880. The average Bonchev–Trinajstić information content (AvgIpc) is 3.15. The fraction of sp³-hybridized carbons (Fsp3) is 0.409. The zero-order chi connectivity index (χ0) is 39.3. The number of hydrogen-bond acceptors (Lipinski definition) is 7. The molecule has 54 heavy (non-hydrogen) atoms. The molecule has 0 saturated heterocycles. The number of aliphatic carboxylic acids is 1. The van der Waals surface area contributed by atoms with Crippen LogP contribution < -0.4 is 16.0 Å². The Kier molecular flexibility index (Phi) is 15.3. The molecule has 4 N–H and O–H groups in total. The molecule has 0 fully saturated rings. The van der Waals surface area contributed by atoms with Crippen molar-refractivity contribution in [2.24, 2.45) is 5.73 Å². The lowest BCUT2D eigenvalue weighted by Crippen LogP contribution is -2.30. The van der Waals surface area contributed by atoms with Crippen molar-refractivity contribution < 1.29 is 24.2 Å². The second-order valence-electron chi connectivity index (χ2n) is 14.8. The van der Waals surface area contributed by atoms with Gasteiger partial charge in [-0.25, -0.2) is 0 Å². The number of hydrogen-bond donors (Lipinski definition) is 3. The lowest BCUT2D eigenvalue weighted by Gasteiger charge is -2.28.